The van der Waals surface area contributed by atoms with E-state index in [0.29, 0.717) is 12.3 Å². The highest BCUT2D eigenvalue weighted by molar-refractivity contribution is 5.78. The number of carbonyl (C=O) groups excluding carboxylic acids is 1. The summed E-state index contributed by atoms with van der Waals surface area (Å²) >= 11 is 0. The summed E-state index contributed by atoms with van der Waals surface area (Å²) < 4.78 is 0. The van der Waals surface area contributed by atoms with Gasteiger partial charge in [-0.25, -0.2) is 0 Å². The van der Waals surface area contributed by atoms with Crippen LogP contribution in [0.4, 0.5) is 0 Å². The normalized spacial score (nSPS) is 15.1. The quantitative estimate of drug-likeness (QED) is 0.682. The molecule has 0 aromatic rings. The minimum Gasteiger partial charge on any atom is -0.396 e. The van der Waals surface area contributed by atoms with Crippen LogP contribution in [0.25, 0.3) is 0 Å². The Balaban J connectivity index is 4.09. The van der Waals surface area contributed by atoms with E-state index in [4.69, 9.17) is 5.11 Å². The Morgan fingerprint density at radius 1 is 1.27 bits per heavy atom. The molecule has 2 unspecified atom stereocenters. The average molecular weight is 215 g/mol. The molecule has 0 aliphatic rings. The first-order valence-corrected chi connectivity index (χ1v) is 5.94. The second-order valence-corrected chi connectivity index (χ2v) is 4.56. The van der Waals surface area contributed by atoms with Crippen molar-refractivity contribution in [3.63, 3.8) is 0 Å². The summed E-state index contributed by atoms with van der Waals surface area (Å²) in [5, 5.41) is 11.9. The van der Waals surface area contributed by atoms with Gasteiger partial charge in [0.1, 0.15) is 0 Å². The van der Waals surface area contributed by atoms with E-state index in [-0.39, 0.29) is 24.5 Å². The summed E-state index contributed by atoms with van der Waals surface area (Å²) in [5.41, 5.74) is 0. The molecule has 0 saturated heterocycles. The molecule has 2 atom stereocenters. The highest BCUT2D eigenvalue weighted by atomic mass is 16.3. The summed E-state index contributed by atoms with van der Waals surface area (Å²) in [7, 11) is 0. The number of hydrogen-bond donors (Lipinski definition) is 2. The number of hydrogen-bond acceptors (Lipinski definition) is 2. The van der Waals surface area contributed by atoms with E-state index in [1.165, 1.54) is 0 Å². The maximum atomic E-state index is 11.7. The molecule has 0 rings (SSSR count). The third-order valence-electron chi connectivity index (χ3n) is 2.74. The molecule has 0 radical (unpaired) electrons. The zero-order valence-electron chi connectivity index (χ0n) is 10.4. The van der Waals surface area contributed by atoms with Gasteiger partial charge in [0.25, 0.3) is 0 Å². The van der Waals surface area contributed by atoms with Crippen LogP contribution < -0.4 is 5.32 Å². The Labute approximate surface area is 93.3 Å². The largest absolute Gasteiger partial charge is 0.396 e. The number of amides is 1. The molecule has 0 fully saturated rings. The number of nitrogens with one attached hydrogen (secondary N) is 1. The minimum atomic E-state index is 0.0787. The zero-order valence-corrected chi connectivity index (χ0v) is 10.4. The second kappa shape index (κ2) is 7.69. The Kier molecular flexibility index (Phi) is 7.39. The van der Waals surface area contributed by atoms with Crippen molar-refractivity contribution in [3.05, 3.63) is 0 Å². The van der Waals surface area contributed by atoms with Gasteiger partial charge in [0, 0.05) is 18.6 Å². The second-order valence-electron chi connectivity index (χ2n) is 4.56. The van der Waals surface area contributed by atoms with Gasteiger partial charge in [-0.2, -0.15) is 0 Å². The van der Waals surface area contributed by atoms with Crippen LogP contribution in [0.2, 0.25) is 0 Å². The highest BCUT2D eigenvalue weighted by Gasteiger charge is 2.18. The lowest BCUT2D eigenvalue weighted by Crippen LogP contribution is -2.41. The highest BCUT2D eigenvalue weighted by Crippen LogP contribution is 2.09. The standard InChI is InChI=1S/C12H25NO2/c1-5-6-10(4)12(15)13-11(7-8-14)9(2)3/h9-11,14H,5-8H2,1-4H3,(H,13,15). The van der Waals surface area contributed by atoms with Crippen molar-refractivity contribution in [2.45, 2.75) is 53.0 Å². The predicted molar refractivity (Wildman–Crippen MR) is 62.5 cm³/mol. The molecular weight excluding hydrogens is 190 g/mol. The molecule has 0 saturated carbocycles. The van der Waals surface area contributed by atoms with Crippen molar-refractivity contribution in [2.24, 2.45) is 11.8 Å². The van der Waals surface area contributed by atoms with Gasteiger partial charge in [0.05, 0.1) is 0 Å². The summed E-state index contributed by atoms with van der Waals surface area (Å²) in [5.74, 6) is 0.564. The van der Waals surface area contributed by atoms with Gasteiger partial charge in [-0.1, -0.05) is 34.1 Å². The van der Waals surface area contributed by atoms with Crippen LogP contribution in [0, 0.1) is 11.8 Å². The smallest absolute Gasteiger partial charge is 0.223 e. The molecule has 0 aromatic heterocycles. The number of aliphatic hydroxyl groups is 1. The molecule has 3 nitrogen and oxygen atoms in total. The van der Waals surface area contributed by atoms with Crippen LogP contribution in [-0.4, -0.2) is 23.7 Å². The predicted octanol–water partition coefficient (Wildman–Crippen LogP) is 1.95. The fourth-order valence-electron chi connectivity index (χ4n) is 1.60. The van der Waals surface area contributed by atoms with Crippen LogP contribution in [0.3, 0.4) is 0 Å². The van der Waals surface area contributed by atoms with E-state index in [9.17, 15) is 4.79 Å². The molecule has 0 spiro atoms. The van der Waals surface area contributed by atoms with E-state index < -0.39 is 0 Å². The lowest BCUT2D eigenvalue weighted by molar-refractivity contribution is -0.125. The van der Waals surface area contributed by atoms with Gasteiger partial charge in [0.2, 0.25) is 5.91 Å². The monoisotopic (exact) mass is 215 g/mol. The van der Waals surface area contributed by atoms with Gasteiger partial charge < -0.3 is 10.4 Å². The van der Waals surface area contributed by atoms with Crippen LogP contribution in [-0.2, 0) is 4.79 Å². The molecule has 2 N–H and O–H groups in total. The summed E-state index contributed by atoms with van der Waals surface area (Å²) in [6, 6.07) is 0.0989. The van der Waals surface area contributed by atoms with Crippen molar-refractivity contribution in [1.82, 2.24) is 5.32 Å². The summed E-state index contributed by atoms with van der Waals surface area (Å²) in [6.45, 7) is 8.29. The third kappa shape index (κ3) is 5.78. The maximum Gasteiger partial charge on any atom is 0.223 e. The van der Waals surface area contributed by atoms with Crippen LogP contribution in [0.15, 0.2) is 0 Å². The topological polar surface area (TPSA) is 49.3 Å². The van der Waals surface area contributed by atoms with Crippen LogP contribution in [0.1, 0.15) is 47.0 Å². The lowest BCUT2D eigenvalue weighted by Gasteiger charge is -2.23. The van der Waals surface area contributed by atoms with Gasteiger partial charge in [-0.05, 0) is 18.8 Å². The molecule has 0 heterocycles. The van der Waals surface area contributed by atoms with E-state index >= 15 is 0 Å². The average Bonchev–Trinajstić information content (AvgIpc) is 2.17. The Morgan fingerprint density at radius 2 is 1.87 bits per heavy atom. The maximum absolute atomic E-state index is 11.7. The molecule has 0 aliphatic carbocycles. The summed E-state index contributed by atoms with van der Waals surface area (Å²) in [4.78, 5) is 11.7. The molecule has 1 amide bonds. The SMILES string of the molecule is CCCC(C)C(=O)NC(CCO)C(C)C. The van der Waals surface area contributed by atoms with Gasteiger partial charge >= 0.3 is 0 Å². The number of carbonyl (C=O) groups is 1. The number of aliphatic hydroxyl groups excluding tert-OH is 1. The van der Waals surface area contributed by atoms with Crippen LogP contribution >= 0.6 is 0 Å². The van der Waals surface area contributed by atoms with Gasteiger partial charge in [-0.15, -0.1) is 0 Å². The molecule has 0 bridgehead atoms. The number of rotatable bonds is 7. The van der Waals surface area contributed by atoms with Crippen molar-refractivity contribution >= 4 is 5.91 Å². The fraction of sp³-hybridized carbons (Fsp3) is 0.917. The minimum absolute atomic E-state index is 0.0787. The first-order chi connectivity index (χ1) is 7.02. The fourth-order valence-corrected chi connectivity index (χ4v) is 1.60. The molecule has 3 heteroatoms. The van der Waals surface area contributed by atoms with E-state index in [1.54, 1.807) is 0 Å². The Bertz CT molecular complexity index is 180. The van der Waals surface area contributed by atoms with Crippen molar-refractivity contribution in [3.8, 4) is 0 Å². The van der Waals surface area contributed by atoms with E-state index in [1.807, 2.05) is 6.92 Å². The molecule has 0 aromatic carbocycles. The van der Waals surface area contributed by atoms with Crippen LogP contribution in [0.5, 0.6) is 0 Å². The van der Waals surface area contributed by atoms with Gasteiger partial charge in [0.15, 0.2) is 0 Å². The third-order valence-corrected chi connectivity index (χ3v) is 2.74. The first kappa shape index (κ1) is 14.4. The summed E-state index contributed by atoms with van der Waals surface area (Å²) in [6.07, 6.45) is 2.60. The van der Waals surface area contributed by atoms with Crippen molar-refractivity contribution in [2.75, 3.05) is 6.61 Å². The van der Waals surface area contributed by atoms with E-state index in [0.717, 1.165) is 12.8 Å². The molecular formula is C12H25NO2. The molecule has 15 heavy (non-hydrogen) atoms. The van der Waals surface area contributed by atoms with Gasteiger partial charge in [-0.3, -0.25) is 4.79 Å². The van der Waals surface area contributed by atoms with Crippen molar-refractivity contribution < 1.29 is 9.90 Å². The van der Waals surface area contributed by atoms with E-state index in [2.05, 4.69) is 26.1 Å². The Hall–Kier alpha value is -0.570. The lowest BCUT2D eigenvalue weighted by atomic mass is 9.99. The molecule has 90 valence electrons. The first-order valence-electron chi connectivity index (χ1n) is 5.94. The Morgan fingerprint density at radius 3 is 2.27 bits per heavy atom. The van der Waals surface area contributed by atoms with Crippen molar-refractivity contribution in [1.29, 1.82) is 0 Å². The zero-order chi connectivity index (χ0) is 11.8. The molecule has 0 aliphatic heterocycles.